The summed E-state index contributed by atoms with van der Waals surface area (Å²) in [6.07, 6.45) is 5.05. The van der Waals surface area contributed by atoms with Gasteiger partial charge in [-0.2, -0.15) is 4.57 Å². The van der Waals surface area contributed by atoms with Gasteiger partial charge in [0.15, 0.2) is 12.4 Å². The molecule has 2 heterocycles. The normalized spacial score (nSPS) is 18.9. The number of aliphatic hydroxyl groups excluding tert-OH is 1. The van der Waals surface area contributed by atoms with Crippen molar-refractivity contribution in [1.82, 2.24) is 0 Å². The van der Waals surface area contributed by atoms with Crippen molar-refractivity contribution >= 4 is 17.6 Å². The van der Waals surface area contributed by atoms with Crippen LogP contribution in [0.15, 0.2) is 48.8 Å². The average molecular weight is 371 g/mol. The second kappa shape index (κ2) is 8.75. The van der Waals surface area contributed by atoms with Crippen LogP contribution in [0.2, 0.25) is 0 Å². The lowest BCUT2D eigenvalue weighted by atomic mass is 10.1. The van der Waals surface area contributed by atoms with Crippen LogP contribution in [0.4, 0.5) is 5.69 Å². The van der Waals surface area contributed by atoms with Gasteiger partial charge < -0.3 is 19.9 Å². The maximum atomic E-state index is 12.5. The lowest BCUT2D eigenvalue weighted by Gasteiger charge is -2.09. The first kappa shape index (κ1) is 19.0. The van der Waals surface area contributed by atoms with Crippen LogP contribution in [-0.2, 0) is 20.7 Å². The van der Waals surface area contributed by atoms with Gasteiger partial charge in [0.25, 0.3) is 12.1 Å². The number of amides is 1. The molecule has 7 heteroatoms. The number of benzene rings is 1. The van der Waals surface area contributed by atoms with Crippen LogP contribution in [0.5, 0.6) is 0 Å². The third-order valence-corrected chi connectivity index (χ3v) is 4.49. The van der Waals surface area contributed by atoms with E-state index >= 15 is 0 Å². The minimum absolute atomic E-state index is 0.00318. The SMILES string of the molecule is COC(=O)Cc1ccc(NC(=O)c2ccc[n+]([C@H]3CC[C@@H](CO)O3)c2)cc1. The summed E-state index contributed by atoms with van der Waals surface area (Å²) in [5.41, 5.74) is 1.96. The van der Waals surface area contributed by atoms with Gasteiger partial charge in [-0.25, -0.2) is 0 Å². The van der Waals surface area contributed by atoms with E-state index in [9.17, 15) is 14.7 Å². The molecule has 27 heavy (non-hydrogen) atoms. The van der Waals surface area contributed by atoms with Crippen LogP contribution in [0.3, 0.4) is 0 Å². The summed E-state index contributed by atoms with van der Waals surface area (Å²) < 4.78 is 12.2. The summed E-state index contributed by atoms with van der Waals surface area (Å²) in [6, 6.07) is 10.6. The molecule has 3 rings (SSSR count). The largest absolute Gasteiger partial charge is 0.469 e. The van der Waals surface area contributed by atoms with E-state index in [1.165, 1.54) is 7.11 Å². The van der Waals surface area contributed by atoms with Gasteiger partial charge in [-0.3, -0.25) is 9.59 Å². The Balaban J connectivity index is 1.64. The molecule has 2 atom stereocenters. The number of anilines is 1. The Labute approximate surface area is 157 Å². The molecule has 1 aliphatic heterocycles. The first-order valence-electron chi connectivity index (χ1n) is 8.83. The van der Waals surface area contributed by atoms with Crippen molar-refractivity contribution in [1.29, 1.82) is 0 Å². The van der Waals surface area contributed by atoms with Crippen molar-refractivity contribution in [3.63, 3.8) is 0 Å². The summed E-state index contributed by atoms with van der Waals surface area (Å²) in [5, 5.41) is 12.0. The van der Waals surface area contributed by atoms with Gasteiger partial charge in [-0.15, -0.1) is 0 Å². The molecule has 1 amide bonds. The summed E-state index contributed by atoms with van der Waals surface area (Å²) in [7, 11) is 1.35. The molecule has 0 spiro atoms. The van der Waals surface area contributed by atoms with Crippen LogP contribution in [-0.4, -0.2) is 36.8 Å². The summed E-state index contributed by atoms with van der Waals surface area (Å²) in [4.78, 5) is 23.8. The first-order valence-corrected chi connectivity index (χ1v) is 8.83. The number of pyridine rings is 1. The van der Waals surface area contributed by atoms with E-state index in [2.05, 4.69) is 10.1 Å². The smallest absolute Gasteiger partial charge is 0.309 e. The molecule has 1 fully saturated rings. The molecule has 1 aromatic heterocycles. The van der Waals surface area contributed by atoms with Gasteiger partial charge in [-0.05, 0) is 30.2 Å². The molecule has 0 aliphatic carbocycles. The van der Waals surface area contributed by atoms with Crippen LogP contribution >= 0.6 is 0 Å². The average Bonchev–Trinajstić information content (AvgIpc) is 3.19. The Bertz CT molecular complexity index is 806. The Kier molecular flexibility index (Phi) is 6.16. The molecule has 7 nitrogen and oxygen atoms in total. The second-order valence-electron chi connectivity index (χ2n) is 6.42. The Morgan fingerprint density at radius 1 is 1.26 bits per heavy atom. The first-order chi connectivity index (χ1) is 13.1. The molecule has 1 aromatic carbocycles. The molecule has 2 N–H and O–H groups in total. The molecular formula is C20H23N2O5+. The number of hydrogen-bond donors (Lipinski definition) is 2. The van der Waals surface area contributed by atoms with Crippen LogP contribution in [0.25, 0.3) is 0 Å². The van der Waals surface area contributed by atoms with Gasteiger partial charge in [-0.1, -0.05) is 12.1 Å². The molecular weight excluding hydrogens is 348 g/mol. The van der Waals surface area contributed by atoms with Crippen molar-refractivity contribution in [2.75, 3.05) is 19.0 Å². The highest BCUT2D eigenvalue weighted by Gasteiger charge is 2.31. The number of hydrogen-bond acceptors (Lipinski definition) is 5. The highest BCUT2D eigenvalue weighted by molar-refractivity contribution is 6.03. The Hall–Kier alpha value is -2.77. The topological polar surface area (TPSA) is 88.7 Å². The highest BCUT2D eigenvalue weighted by Crippen LogP contribution is 2.23. The highest BCUT2D eigenvalue weighted by atomic mass is 16.5. The number of nitrogens with zero attached hydrogens (tertiary/aromatic N) is 1. The Morgan fingerprint density at radius 3 is 2.70 bits per heavy atom. The lowest BCUT2D eigenvalue weighted by Crippen LogP contribution is -2.40. The maximum absolute atomic E-state index is 12.5. The van der Waals surface area contributed by atoms with E-state index in [-0.39, 0.29) is 37.2 Å². The second-order valence-corrected chi connectivity index (χ2v) is 6.42. The van der Waals surface area contributed by atoms with Crippen LogP contribution < -0.4 is 9.88 Å². The summed E-state index contributed by atoms with van der Waals surface area (Å²) in [6.45, 7) is 0.00318. The van der Waals surface area contributed by atoms with E-state index in [1.54, 1.807) is 42.6 Å². The van der Waals surface area contributed by atoms with Gasteiger partial charge in [0.1, 0.15) is 5.56 Å². The molecule has 2 aromatic rings. The number of carbonyl (C=O) groups excluding carboxylic acids is 2. The summed E-state index contributed by atoms with van der Waals surface area (Å²) in [5.74, 6) is -0.542. The van der Waals surface area contributed by atoms with Gasteiger partial charge in [0, 0.05) is 18.2 Å². The number of aliphatic hydroxyl groups is 1. The Morgan fingerprint density at radius 2 is 2.04 bits per heavy atom. The zero-order chi connectivity index (χ0) is 19.2. The fraction of sp³-hybridized carbons (Fsp3) is 0.350. The number of ether oxygens (including phenoxy) is 2. The van der Waals surface area contributed by atoms with E-state index in [0.29, 0.717) is 11.3 Å². The van der Waals surface area contributed by atoms with Crippen molar-refractivity contribution < 1.29 is 28.7 Å². The molecule has 142 valence electrons. The zero-order valence-electron chi connectivity index (χ0n) is 15.1. The minimum atomic E-state index is -0.307. The van der Waals surface area contributed by atoms with E-state index in [4.69, 9.17) is 4.74 Å². The molecule has 0 radical (unpaired) electrons. The van der Waals surface area contributed by atoms with Crippen LogP contribution in [0, 0.1) is 0 Å². The number of aromatic nitrogens is 1. The fourth-order valence-electron chi connectivity index (χ4n) is 2.99. The standard InChI is InChI=1S/C20H22N2O5/c1-26-19(24)11-14-4-6-16(7-5-14)21-20(25)15-3-2-10-22(12-15)18-9-8-17(13-23)27-18/h2-7,10,12,17-18,23H,8-9,11,13H2,1H3/p+1/t17-,18+/m0/s1. The number of methoxy groups -OCH3 is 1. The summed E-state index contributed by atoms with van der Waals surface area (Å²) >= 11 is 0. The third-order valence-electron chi connectivity index (χ3n) is 4.49. The molecule has 0 unspecified atom stereocenters. The zero-order valence-corrected chi connectivity index (χ0v) is 15.1. The lowest BCUT2D eigenvalue weighted by molar-refractivity contribution is -0.759. The predicted octanol–water partition coefficient (Wildman–Crippen LogP) is 1.61. The van der Waals surface area contributed by atoms with Crippen molar-refractivity contribution in [2.45, 2.75) is 31.6 Å². The van der Waals surface area contributed by atoms with E-state index < -0.39 is 0 Å². The molecule has 1 saturated heterocycles. The molecule has 1 aliphatic rings. The number of carbonyl (C=O) groups is 2. The number of rotatable bonds is 6. The van der Waals surface area contributed by atoms with E-state index in [0.717, 1.165) is 18.4 Å². The third kappa shape index (κ3) is 4.90. The maximum Gasteiger partial charge on any atom is 0.309 e. The minimum Gasteiger partial charge on any atom is -0.469 e. The number of nitrogens with one attached hydrogen (secondary N) is 1. The fourth-order valence-corrected chi connectivity index (χ4v) is 2.99. The van der Waals surface area contributed by atoms with Gasteiger partial charge >= 0.3 is 5.97 Å². The monoisotopic (exact) mass is 371 g/mol. The predicted molar refractivity (Wildman–Crippen MR) is 97.0 cm³/mol. The van der Waals surface area contributed by atoms with E-state index in [1.807, 2.05) is 10.8 Å². The molecule has 0 saturated carbocycles. The number of esters is 1. The van der Waals surface area contributed by atoms with Crippen LogP contribution in [0.1, 0.15) is 35.0 Å². The molecule has 0 bridgehead atoms. The quantitative estimate of drug-likeness (QED) is 0.595. The van der Waals surface area contributed by atoms with Gasteiger partial charge in [0.2, 0.25) is 0 Å². The van der Waals surface area contributed by atoms with Crippen molar-refractivity contribution in [2.24, 2.45) is 0 Å². The van der Waals surface area contributed by atoms with Crippen molar-refractivity contribution in [3.05, 3.63) is 59.9 Å². The van der Waals surface area contributed by atoms with Crippen molar-refractivity contribution in [3.8, 4) is 0 Å². The van der Waals surface area contributed by atoms with Gasteiger partial charge in [0.05, 0.1) is 26.2 Å².